The van der Waals surface area contributed by atoms with Gasteiger partial charge in [0.15, 0.2) is 0 Å². The highest BCUT2D eigenvalue weighted by atomic mass is 32.1. The number of hydrogen-bond acceptors (Lipinski definition) is 3. The highest BCUT2D eigenvalue weighted by Crippen LogP contribution is 2.31. The molecule has 0 aliphatic heterocycles. The van der Waals surface area contributed by atoms with E-state index in [0.717, 1.165) is 19.0 Å². The maximum absolute atomic E-state index is 4.43. The largest absolute Gasteiger partial charge is 0.313 e. The first-order chi connectivity index (χ1) is 7.78. The van der Waals surface area contributed by atoms with Gasteiger partial charge in [0.1, 0.15) is 0 Å². The Hall–Kier alpha value is -0.410. The maximum Gasteiger partial charge on any atom is 0.0794 e. The molecule has 0 amide bonds. The second-order valence-corrected chi connectivity index (χ2v) is 5.74. The van der Waals surface area contributed by atoms with Crippen molar-refractivity contribution in [3.8, 4) is 0 Å². The molecule has 1 heterocycles. The van der Waals surface area contributed by atoms with Gasteiger partial charge in [-0.15, -0.1) is 11.3 Å². The third-order valence-electron chi connectivity index (χ3n) is 3.88. The third-order valence-corrected chi connectivity index (χ3v) is 4.52. The van der Waals surface area contributed by atoms with E-state index in [1.54, 1.807) is 11.3 Å². The average Bonchev–Trinajstić information content (AvgIpc) is 3.02. The van der Waals surface area contributed by atoms with Crippen LogP contribution in [0.3, 0.4) is 0 Å². The molecule has 90 valence electrons. The first-order valence-electron chi connectivity index (χ1n) is 6.38. The zero-order valence-corrected chi connectivity index (χ0v) is 11.1. The van der Waals surface area contributed by atoms with Crippen molar-refractivity contribution < 1.29 is 0 Å². The van der Waals surface area contributed by atoms with Gasteiger partial charge in [-0.05, 0) is 37.5 Å². The van der Waals surface area contributed by atoms with E-state index in [1.807, 2.05) is 5.51 Å². The van der Waals surface area contributed by atoms with E-state index >= 15 is 0 Å². The van der Waals surface area contributed by atoms with Crippen LogP contribution in [0.4, 0.5) is 0 Å². The van der Waals surface area contributed by atoms with Crippen LogP contribution in [0.15, 0.2) is 10.9 Å². The Morgan fingerprint density at radius 2 is 2.19 bits per heavy atom. The summed E-state index contributed by atoms with van der Waals surface area (Å²) < 4.78 is 0. The van der Waals surface area contributed by atoms with Crippen LogP contribution in [0.5, 0.6) is 0 Å². The summed E-state index contributed by atoms with van der Waals surface area (Å²) >= 11 is 1.71. The van der Waals surface area contributed by atoms with Crippen molar-refractivity contribution >= 4 is 11.3 Å². The van der Waals surface area contributed by atoms with E-state index in [-0.39, 0.29) is 0 Å². The summed E-state index contributed by atoms with van der Waals surface area (Å²) in [6.07, 6.45) is 6.35. The number of hydrogen-bond donors (Lipinski definition) is 1. The van der Waals surface area contributed by atoms with Gasteiger partial charge in [0, 0.05) is 18.0 Å². The molecule has 3 heteroatoms. The van der Waals surface area contributed by atoms with Gasteiger partial charge >= 0.3 is 0 Å². The molecule has 1 N–H and O–H groups in total. The van der Waals surface area contributed by atoms with Crippen LogP contribution in [0.1, 0.15) is 45.2 Å². The molecule has 16 heavy (non-hydrogen) atoms. The molecule has 0 aromatic carbocycles. The van der Waals surface area contributed by atoms with Crippen molar-refractivity contribution in [2.75, 3.05) is 6.54 Å². The van der Waals surface area contributed by atoms with Gasteiger partial charge in [0.2, 0.25) is 0 Å². The quantitative estimate of drug-likeness (QED) is 0.789. The fourth-order valence-corrected chi connectivity index (χ4v) is 2.73. The van der Waals surface area contributed by atoms with E-state index in [0.29, 0.717) is 5.41 Å². The first kappa shape index (κ1) is 12.1. The molecule has 2 rings (SSSR count). The second-order valence-electron chi connectivity index (χ2n) is 5.02. The monoisotopic (exact) mass is 238 g/mol. The standard InChI is InChI=1S/C13H22N2S/c1-3-13(4-2,9-14-11-5-6-11)7-12-8-16-10-15-12/h8,10-11,14H,3-7,9H2,1-2H3. The molecular weight excluding hydrogens is 216 g/mol. The molecule has 1 aliphatic rings. The zero-order valence-electron chi connectivity index (χ0n) is 10.3. The Morgan fingerprint density at radius 3 is 2.69 bits per heavy atom. The van der Waals surface area contributed by atoms with Crippen molar-refractivity contribution in [1.82, 2.24) is 10.3 Å². The molecular formula is C13H22N2S. The Bertz CT molecular complexity index is 300. The van der Waals surface area contributed by atoms with Gasteiger partial charge in [-0.25, -0.2) is 4.98 Å². The van der Waals surface area contributed by atoms with Gasteiger partial charge in [-0.2, -0.15) is 0 Å². The van der Waals surface area contributed by atoms with Crippen LogP contribution in [0, 0.1) is 5.41 Å². The summed E-state index contributed by atoms with van der Waals surface area (Å²) in [6, 6.07) is 0.813. The first-order valence-corrected chi connectivity index (χ1v) is 7.33. The van der Waals surface area contributed by atoms with Gasteiger partial charge in [0.05, 0.1) is 11.2 Å². The number of aromatic nitrogens is 1. The highest BCUT2D eigenvalue weighted by molar-refractivity contribution is 7.07. The van der Waals surface area contributed by atoms with Crippen molar-refractivity contribution in [1.29, 1.82) is 0 Å². The SMILES string of the molecule is CCC(CC)(CNC1CC1)Cc1cscn1. The minimum absolute atomic E-state index is 0.413. The lowest BCUT2D eigenvalue weighted by atomic mass is 9.78. The van der Waals surface area contributed by atoms with Crippen LogP contribution in [0.2, 0.25) is 0 Å². The number of thiazole rings is 1. The molecule has 2 nitrogen and oxygen atoms in total. The average molecular weight is 238 g/mol. The lowest BCUT2D eigenvalue weighted by molar-refractivity contribution is 0.243. The number of nitrogens with one attached hydrogen (secondary N) is 1. The molecule has 1 aromatic rings. The van der Waals surface area contributed by atoms with E-state index in [1.165, 1.54) is 31.4 Å². The van der Waals surface area contributed by atoms with Crippen LogP contribution >= 0.6 is 11.3 Å². The van der Waals surface area contributed by atoms with Crippen molar-refractivity contribution in [3.05, 3.63) is 16.6 Å². The normalized spacial score (nSPS) is 16.6. The molecule has 0 bridgehead atoms. The summed E-state index contributed by atoms with van der Waals surface area (Å²) in [5, 5.41) is 5.88. The molecule has 1 saturated carbocycles. The fraction of sp³-hybridized carbons (Fsp3) is 0.769. The molecule has 0 unspecified atom stereocenters. The summed E-state index contributed by atoms with van der Waals surface area (Å²) in [6.45, 7) is 5.77. The number of rotatable bonds is 7. The molecule has 1 fully saturated rings. The van der Waals surface area contributed by atoms with Crippen LogP contribution in [-0.2, 0) is 6.42 Å². The van der Waals surface area contributed by atoms with Crippen molar-refractivity contribution in [2.45, 2.75) is 52.0 Å². The minimum atomic E-state index is 0.413. The number of nitrogens with zero attached hydrogens (tertiary/aromatic N) is 1. The van der Waals surface area contributed by atoms with E-state index in [4.69, 9.17) is 0 Å². The van der Waals surface area contributed by atoms with Crippen LogP contribution in [0.25, 0.3) is 0 Å². The smallest absolute Gasteiger partial charge is 0.0794 e. The van der Waals surface area contributed by atoms with Crippen molar-refractivity contribution in [2.24, 2.45) is 5.41 Å². The zero-order chi connectivity index (χ0) is 11.4. The predicted octanol–water partition coefficient (Wildman–Crippen LogP) is 3.24. The summed E-state index contributed by atoms with van der Waals surface area (Å²) in [7, 11) is 0. The van der Waals surface area contributed by atoms with Gasteiger partial charge in [-0.3, -0.25) is 0 Å². The molecule has 0 spiro atoms. The van der Waals surface area contributed by atoms with Crippen LogP contribution < -0.4 is 5.32 Å². The van der Waals surface area contributed by atoms with Gasteiger partial charge in [0.25, 0.3) is 0 Å². The second kappa shape index (κ2) is 5.28. The summed E-state index contributed by atoms with van der Waals surface area (Å²) in [5.74, 6) is 0. The third kappa shape index (κ3) is 3.05. The molecule has 0 saturated heterocycles. The molecule has 0 atom stereocenters. The molecule has 1 aliphatic carbocycles. The fourth-order valence-electron chi connectivity index (χ4n) is 2.17. The lowest BCUT2D eigenvalue weighted by Crippen LogP contribution is -2.36. The van der Waals surface area contributed by atoms with E-state index in [2.05, 4.69) is 29.5 Å². The topological polar surface area (TPSA) is 24.9 Å². The highest BCUT2D eigenvalue weighted by Gasteiger charge is 2.30. The summed E-state index contributed by atoms with van der Waals surface area (Å²) in [4.78, 5) is 4.43. The van der Waals surface area contributed by atoms with Gasteiger partial charge < -0.3 is 5.32 Å². The van der Waals surface area contributed by atoms with Crippen molar-refractivity contribution in [3.63, 3.8) is 0 Å². The Morgan fingerprint density at radius 1 is 1.44 bits per heavy atom. The predicted molar refractivity (Wildman–Crippen MR) is 69.9 cm³/mol. The summed E-state index contributed by atoms with van der Waals surface area (Å²) in [5.41, 5.74) is 3.63. The Kier molecular flexibility index (Phi) is 3.98. The molecule has 0 radical (unpaired) electrons. The minimum Gasteiger partial charge on any atom is -0.313 e. The molecule has 1 aromatic heterocycles. The van der Waals surface area contributed by atoms with E-state index < -0.39 is 0 Å². The maximum atomic E-state index is 4.43. The van der Waals surface area contributed by atoms with Gasteiger partial charge in [-0.1, -0.05) is 13.8 Å². The Labute approximate surface area is 102 Å². The van der Waals surface area contributed by atoms with Crippen LogP contribution in [-0.4, -0.2) is 17.6 Å². The van der Waals surface area contributed by atoms with E-state index in [9.17, 15) is 0 Å². The Balaban J connectivity index is 1.95. The lowest BCUT2D eigenvalue weighted by Gasteiger charge is -2.31.